The smallest absolute Gasteiger partial charge is 0.235 e. The number of hydrogen-bond acceptors (Lipinski definition) is 2. The van der Waals surface area contributed by atoms with Gasteiger partial charge in [-0.25, -0.2) is 9.97 Å². The van der Waals surface area contributed by atoms with Crippen LogP contribution in [0, 0.1) is 0 Å². The summed E-state index contributed by atoms with van der Waals surface area (Å²) in [6, 6.07) is 45.5. The maximum atomic E-state index is 5.28. The van der Waals surface area contributed by atoms with E-state index in [2.05, 4.69) is 140 Å². The Morgan fingerprint density at radius 2 is 1.26 bits per heavy atom. The lowest BCUT2D eigenvalue weighted by Crippen LogP contribution is -2.15. The highest BCUT2D eigenvalue weighted by Gasteiger charge is 2.37. The van der Waals surface area contributed by atoms with Gasteiger partial charge in [0.1, 0.15) is 0 Å². The number of fused-ring (bicyclic) bond motifs is 10. The van der Waals surface area contributed by atoms with Gasteiger partial charge in [0, 0.05) is 27.1 Å². The Bertz CT molecular complexity index is 2380. The highest BCUT2D eigenvalue weighted by molar-refractivity contribution is 6.23. The van der Waals surface area contributed by atoms with Gasteiger partial charge in [-0.3, -0.25) is 4.57 Å². The summed E-state index contributed by atoms with van der Waals surface area (Å²) in [4.78, 5) is 10.4. The van der Waals surface area contributed by atoms with E-state index in [4.69, 9.17) is 9.97 Å². The van der Waals surface area contributed by atoms with Crippen molar-refractivity contribution in [3.8, 4) is 28.3 Å². The van der Waals surface area contributed by atoms with Crippen molar-refractivity contribution in [1.82, 2.24) is 14.5 Å². The molecule has 0 bridgehead atoms. The standard InChI is InChI=1S/C39H27N3/c1-39(2)30-17-9-6-14-26(30)27-22-20-24-21-23-33-35(34(24)36(27)39)29-16-8-11-19-32(29)42(33)38-40-31-18-10-7-15-28(31)37(41-38)25-12-4-3-5-13-25/h3-23H,1-2H3. The highest BCUT2D eigenvalue weighted by Crippen LogP contribution is 2.53. The van der Waals surface area contributed by atoms with Crippen molar-refractivity contribution in [2.45, 2.75) is 19.3 Å². The van der Waals surface area contributed by atoms with Crippen molar-refractivity contribution >= 4 is 43.5 Å². The molecule has 3 heteroatoms. The van der Waals surface area contributed by atoms with E-state index in [1.807, 2.05) is 6.07 Å². The molecule has 0 aliphatic heterocycles. The first kappa shape index (κ1) is 23.4. The van der Waals surface area contributed by atoms with E-state index in [-0.39, 0.29) is 5.41 Å². The molecular weight excluding hydrogens is 510 g/mol. The van der Waals surface area contributed by atoms with Crippen LogP contribution in [-0.4, -0.2) is 14.5 Å². The maximum absolute atomic E-state index is 5.28. The number of hydrogen-bond donors (Lipinski definition) is 0. The van der Waals surface area contributed by atoms with Gasteiger partial charge in [0.2, 0.25) is 5.95 Å². The summed E-state index contributed by atoms with van der Waals surface area (Å²) in [5.74, 6) is 0.688. The van der Waals surface area contributed by atoms with Crippen LogP contribution in [0.5, 0.6) is 0 Å². The van der Waals surface area contributed by atoms with Crippen LogP contribution >= 0.6 is 0 Å². The second-order valence-corrected chi connectivity index (χ2v) is 11.8. The SMILES string of the molecule is CC1(C)c2ccccc2-c2ccc3ccc4c(c5ccccc5n4-c4nc(-c5ccccc5)c5ccccc5n4)c3c21. The molecule has 0 fully saturated rings. The fourth-order valence-corrected chi connectivity index (χ4v) is 7.34. The van der Waals surface area contributed by atoms with Crippen LogP contribution in [0.1, 0.15) is 25.0 Å². The zero-order valence-electron chi connectivity index (χ0n) is 23.5. The highest BCUT2D eigenvalue weighted by atomic mass is 15.2. The van der Waals surface area contributed by atoms with Crippen molar-refractivity contribution < 1.29 is 0 Å². The molecule has 1 aliphatic rings. The number of rotatable bonds is 2. The van der Waals surface area contributed by atoms with Crippen LogP contribution in [0.3, 0.4) is 0 Å². The largest absolute Gasteiger partial charge is 0.278 e. The van der Waals surface area contributed by atoms with Crippen LogP contribution in [-0.2, 0) is 5.41 Å². The fourth-order valence-electron chi connectivity index (χ4n) is 7.34. The van der Waals surface area contributed by atoms with Crippen LogP contribution in [0.15, 0.2) is 127 Å². The Balaban J connectivity index is 1.44. The van der Waals surface area contributed by atoms with Gasteiger partial charge in [-0.15, -0.1) is 0 Å². The minimum atomic E-state index is -0.122. The molecule has 0 saturated heterocycles. The monoisotopic (exact) mass is 537 g/mol. The van der Waals surface area contributed by atoms with Crippen molar-refractivity contribution in [2.24, 2.45) is 0 Å². The molecule has 198 valence electrons. The quantitative estimate of drug-likeness (QED) is 0.220. The Morgan fingerprint density at radius 3 is 2.14 bits per heavy atom. The Hall–Kier alpha value is -5.28. The van der Waals surface area contributed by atoms with Gasteiger partial charge >= 0.3 is 0 Å². The molecule has 2 heterocycles. The molecule has 0 atom stereocenters. The fraction of sp³-hybridized carbons (Fsp3) is 0.0769. The van der Waals surface area contributed by atoms with Crippen molar-refractivity contribution in [1.29, 1.82) is 0 Å². The van der Waals surface area contributed by atoms with Gasteiger partial charge in [0.05, 0.1) is 22.2 Å². The lowest BCUT2D eigenvalue weighted by atomic mass is 9.79. The summed E-state index contributed by atoms with van der Waals surface area (Å²) in [7, 11) is 0. The number of para-hydroxylation sites is 2. The van der Waals surface area contributed by atoms with Gasteiger partial charge in [0.15, 0.2) is 0 Å². The molecule has 0 radical (unpaired) electrons. The second kappa shape index (κ2) is 8.37. The molecular formula is C39H27N3. The van der Waals surface area contributed by atoms with Gasteiger partial charge in [-0.1, -0.05) is 123 Å². The molecule has 3 nitrogen and oxygen atoms in total. The summed E-state index contributed by atoms with van der Waals surface area (Å²) >= 11 is 0. The first-order valence-corrected chi connectivity index (χ1v) is 14.5. The van der Waals surface area contributed by atoms with Crippen LogP contribution in [0.2, 0.25) is 0 Å². The number of aromatic nitrogens is 3. The van der Waals surface area contributed by atoms with E-state index in [0.717, 1.165) is 33.2 Å². The van der Waals surface area contributed by atoms with Gasteiger partial charge in [0.25, 0.3) is 0 Å². The van der Waals surface area contributed by atoms with E-state index < -0.39 is 0 Å². The molecule has 0 saturated carbocycles. The third kappa shape index (κ3) is 3.05. The first-order chi connectivity index (χ1) is 20.6. The van der Waals surface area contributed by atoms with Crippen molar-refractivity contribution in [3.63, 3.8) is 0 Å². The summed E-state index contributed by atoms with van der Waals surface area (Å²) in [6.45, 7) is 4.74. The molecule has 1 aliphatic carbocycles. The van der Waals surface area contributed by atoms with Crippen LogP contribution < -0.4 is 0 Å². The maximum Gasteiger partial charge on any atom is 0.235 e. The van der Waals surface area contributed by atoms with E-state index in [0.29, 0.717) is 5.95 Å². The molecule has 0 N–H and O–H groups in total. The second-order valence-electron chi connectivity index (χ2n) is 11.8. The first-order valence-electron chi connectivity index (χ1n) is 14.5. The Labute approximate surface area is 243 Å². The Morgan fingerprint density at radius 1 is 0.548 bits per heavy atom. The zero-order chi connectivity index (χ0) is 28.0. The van der Waals surface area contributed by atoms with Crippen molar-refractivity contribution in [2.75, 3.05) is 0 Å². The molecule has 42 heavy (non-hydrogen) atoms. The molecule has 2 aromatic heterocycles. The lowest BCUT2D eigenvalue weighted by molar-refractivity contribution is 0.666. The molecule has 0 amide bonds. The lowest BCUT2D eigenvalue weighted by Gasteiger charge is -2.23. The zero-order valence-corrected chi connectivity index (χ0v) is 23.5. The third-order valence-corrected chi connectivity index (χ3v) is 9.17. The van der Waals surface area contributed by atoms with E-state index in [1.165, 1.54) is 43.8 Å². The van der Waals surface area contributed by atoms with E-state index in [9.17, 15) is 0 Å². The van der Waals surface area contributed by atoms with Crippen LogP contribution in [0.4, 0.5) is 0 Å². The molecule has 9 rings (SSSR count). The van der Waals surface area contributed by atoms with Gasteiger partial charge in [-0.05, 0) is 51.2 Å². The summed E-state index contributed by atoms with van der Waals surface area (Å²) in [5.41, 5.74) is 10.5. The minimum absolute atomic E-state index is 0.122. The number of benzene rings is 6. The Kier molecular flexibility index (Phi) is 4.67. The van der Waals surface area contributed by atoms with Gasteiger partial charge in [-0.2, -0.15) is 0 Å². The topological polar surface area (TPSA) is 30.7 Å². The predicted octanol–water partition coefficient (Wildman–Crippen LogP) is 9.85. The van der Waals surface area contributed by atoms with E-state index in [1.54, 1.807) is 0 Å². The van der Waals surface area contributed by atoms with Gasteiger partial charge < -0.3 is 0 Å². The average Bonchev–Trinajstić information content (AvgIpc) is 3.50. The normalized spacial score (nSPS) is 13.7. The third-order valence-electron chi connectivity index (χ3n) is 9.17. The molecule has 0 unspecified atom stereocenters. The summed E-state index contributed by atoms with van der Waals surface area (Å²) in [6.07, 6.45) is 0. The summed E-state index contributed by atoms with van der Waals surface area (Å²) in [5, 5.41) is 6.12. The summed E-state index contributed by atoms with van der Waals surface area (Å²) < 4.78 is 2.26. The van der Waals surface area contributed by atoms with Crippen LogP contribution in [0.25, 0.3) is 71.8 Å². The molecule has 8 aromatic rings. The molecule has 0 spiro atoms. The number of nitrogens with zero attached hydrogens (tertiary/aromatic N) is 3. The average molecular weight is 538 g/mol. The van der Waals surface area contributed by atoms with E-state index >= 15 is 0 Å². The van der Waals surface area contributed by atoms with Crippen molar-refractivity contribution in [3.05, 3.63) is 139 Å². The molecule has 6 aromatic carbocycles. The minimum Gasteiger partial charge on any atom is -0.278 e. The predicted molar refractivity (Wildman–Crippen MR) is 174 cm³/mol.